The van der Waals surface area contributed by atoms with Gasteiger partial charge >= 0.3 is 0 Å². The molecule has 0 spiro atoms. The molecule has 0 saturated carbocycles. The van der Waals surface area contributed by atoms with Gasteiger partial charge in [-0.25, -0.2) is 9.37 Å². The molecule has 110 valence electrons. The van der Waals surface area contributed by atoms with E-state index in [1.807, 2.05) is 13.0 Å². The summed E-state index contributed by atoms with van der Waals surface area (Å²) in [5, 5.41) is 0. The topological polar surface area (TPSA) is 53.1 Å². The van der Waals surface area contributed by atoms with Crippen LogP contribution in [0.25, 0.3) is 11.0 Å². The number of aromatic nitrogens is 2. The standard InChI is InChI=1S/C15H14FN3O.ClH/c1-9-5-10(17)3-4-14(9)20-11-6-12(16)15-13(7-11)18-8-19(15)2;/h3-8H,17H2,1-2H3;1H. The molecule has 0 bridgehead atoms. The zero-order valence-electron chi connectivity index (χ0n) is 11.6. The Balaban J connectivity index is 0.00000161. The Bertz CT molecular complexity index is 801. The molecule has 1 aromatic heterocycles. The molecule has 6 heteroatoms. The van der Waals surface area contributed by atoms with Crippen LogP contribution >= 0.6 is 12.4 Å². The molecule has 0 aliphatic heterocycles. The predicted octanol–water partition coefficient (Wildman–Crippen LogP) is 3.82. The molecule has 2 aromatic carbocycles. The first kappa shape index (κ1) is 15.1. The van der Waals surface area contributed by atoms with Crippen molar-refractivity contribution in [1.82, 2.24) is 9.55 Å². The highest BCUT2D eigenvalue weighted by Crippen LogP contribution is 2.29. The number of nitrogen functional groups attached to an aromatic ring is 1. The highest BCUT2D eigenvalue weighted by molar-refractivity contribution is 5.85. The van der Waals surface area contributed by atoms with Crippen LogP contribution in [0.1, 0.15) is 5.56 Å². The Labute approximate surface area is 127 Å². The molecular weight excluding hydrogens is 293 g/mol. The van der Waals surface area contributed by atoms with Crippen molar-refractivity contribution < 1.29 is 9.13 Å². The van der Waals surface area contributed by atoms with E-state index in [2.05, 4.69) is 4.98 Å². The third-order valence-electron chi connectivity index (χ3n) is 3.17. The normalized spacial score (nSPS) is 10.4. The number of nitrogens with two attached hydrogens (primary N) is 1. The number of hydrogen-bond acceptors (Lipinski definition) is 3. The van der Waals surface area contributed by atoms with Crippen molar-refractivity contribution in [1.29, 1.82) is 0 Å². The lowest BCUT2D eigenvalue weighted by molar-refractivity contribution is 0.474. The minimum atomic E-state index is -0.356. The van der Waals surface area contributed by atoms with E-state index in [9.17, 15) is 4.39 Å². The second kappa shape index (κ2) is 5.61. The van der Waals surface area contributed by atoms with Crippen LogP contribution in [-0.2, 0) is 7.05 Å². The van der Waals surface area contributed by atoms with Gasteiger partial charge in [-0.3, -0.25) is 0 Å². The maximum absolute atomic E-state index is 14.0. The number of ether oxygens (including phenoxy) is 1. The Morgan fingerprint density at radius 2 is 2.00 bits per heavy atom. The summed E-state index contributed by atoms with van der Waals surface area (Å²) in [4.78, 5) is 4.14. The third kappa shape index (κ3) is 2.78. The number of nitrogens with zero attached hydrogens (tertiary/aromatic N) is 2. The highest BCUT2D eigenvalue weighted by Gasteiger charge is 2.10. The van der Waals surface area contributed by atoms with Crippen molar-refractivity contribution in [2.45, 2.75) is 6.92 Å². The van der Waals surface area contributed by atoms with E-state index in [4.69, 9.17) is 10.5 Å². The number of benzene rings is 2. The second-order valence-corrected chi connectivity index (χ2v) is 4.76. The molecule has 0 aliphatic rings. The molecule has 0 radical (unpaired) electrons. The van der Waals surface area contributed by atoms with Crippen molar-refractivity contribution in [3.05, 3.63) is 48.0 Å². The molecule has 3 rings (SSSR count). The molecule has 2 N–H and O–H groups in total. The van der Waals surface area contributed by atoms with Crippen LogP contribution in [0.3, 0.4) is 0 Å². The van der Waals surface area contributed by atoms with Gasteiger partial charge in [-0.1, -0.05) is 0 Å². The minimum absolute atomic E-state index is 0. The molecule has 4 nitrogen and oxygen atoms in total. The zero-order valence-corrected chi connectivity index (χ0v) is 12.4. The van der Waals surface area contributed by atoms with E-state index in [1.165, 1.54) is 6.07 Å². The molecule has 0 amide bonds. The van der Waals surface area contributed by atoms with E-state index in [1.54, 1.807) is 36.1 Å². The molecule has 0 aliphatic carbocycles. The van der Waals surface area contributed by atoms with Crippen LogP contribution in [0.5, 0.6) is 11.5 Å². The van der Waals surface area contributed by atoms with Gasteiger partial charge in [-0.05, 0) is 30.7 Å². The third-order valence-corrected chi connectivity index (χ3v) is 3.17. The first-order valence-corrected chi connectivity index (χ1v) is 6.19. The summed E-state index contributed by atoms with van der Waals surface area (Å²) >= 11 is 0. The fraction of sp³-hybridized carbons (Fsp3) is 0.133. The number of rotatable bonds is 2. The average molecular weight is 308 g/mol. The van der Waals surface area contributed by atoms with E-state index in [0.29, 0.717) is 28.2 Å². The van der Waals surface area contributed by atoms with Gasteiger partial charge in [0.25, 0.3) is 0 Å². The number of halogens is 2. The molecular formula is C15H15ClFN3O. The predicted molar refractivity (Wildman–Crippen MR) is 83.6 cm³/mol. The smallest absolute Gasteiger partial charge is 0.152 e. The Kier molecular flexibility index (Phi) is 4.04. The van der Waals surface area contributed by atoms with Gasteiger partial charge in [0.05, 0.1) is 11.8 Å². The van der Waals surface area contributed by atoms with Gasteiger partial charge in [-0.2, -0.15) is 0 Å². The first-order valence-electron chi connectivity index (χ1n) is 6.19. The van der Waals surface area contributed by atoms with Crippen LogP contribution in [0.15, 0.2) is 36.7 Å². The molecule has 1 heterocycles. The van der Waals surface area contributed by atoms with Gasteiger partial charge in [0, 0.05) is 24.9 Å². The van der Waals surface area contributed by atoms with Crippen LogP contribution in [-0.4, -0.2) is 9.55 Å². The number of anilines is 1. The van der Waals surface area contributed by atoms with Crippen LogP contribution in [0.4, 0.5) is 10.1 Å². The summed E-state index contributed by atoms with van der Waals surface area (Å²) in [6.45, 7) is 1.89. The summed E-state index contributed by atoms with van der Waals surface area (Å²) in [5.41, 5.74) is 8.29. The van der Waals surface area contributed by atoms with Crippen molar-refractivity contribution in [3.8, 4) is 11.5 Å². The van der Waals surface area contributed by atoms with Gasteiger partial charge in [0.1, 0.15) is 17.0 Å². The van der Waals surface area contributed by atoms with Crippen molar-refractivity contribution in [2.24, 2.45) is 7.05 Å². The van der Waals surface area contributed by atoms with Crippen LogP contribution in [0, 0.1) is 12.7 Å². The second-order valence-electron chi connectivity index (χ2n) is 4.76. The summed E-state index contributed by atoms with van der Waals surface area (Å²) in [7, 11) is 1.75. The minimum Gasteiger partial charge on any atom is -0.457 e. The van der Waals surface area contributed by atoms with Crippen LogP contribution in [0.2, 0.25) is 0 Å². The molecule has 3 aromatic rings. The first-order chi connectivity index (χ1) is 9.54. The lowest BCUT2D eigenvalue weighted by Gasteiger charge is -2.09. The molecule has 0 saturated heterocycles. The van der Waals surface area contributed by atoms with Crippen molar-refractivity contribution in [2.75, 3.05) is 5.73 Å². The van der Waals surface area contributed by atoms with Crippen molar-refractivity contribution >= 4 is 29.1 Å². The Morgan fingerprint density at radius 3 is 2.71 bits per heavy atom. The number of hydrogen-bond donors (Lipinski definition) is 1. The van der Waals surface area contributed by atoms with Gasteiger partial charge in [-0.15, -0.1) is 12.4 Å². The fourth-order valence-corrected chi connectivity index (χ4v) is 2.19. The fourth-order valence-electron chi connectivity index (χ4n) is 2.19. The van der Waals surface area contributed by atoms with E-state index in [0.717, 1.165) is 5.56 Å². The summed E-state index contributed by atoms with van der Waals surface area (Å²) in [6, 6.07) is 8.40. The van der Waals surface area contributed by atoms with E-state index in [-0.39, 0.29) is 18.2 Å². The van der Waals surface area contributed by atoms with Crippen LogP contribution < -0.4 is 10.5 Å². The van der Waals surface area contributed by atoms with Gasteiger partial charge < -0.3 is 15.0 Å². The maximum atomic E-state index is 14.0. The zero-order chi connectivity index (χ0) is 14.3. The molecule has 0 fully saturated rings. The quantitative estimate of drug-likeness (QED) is 0.732. The molecule has 0 atom stereocenters. The summed E-state index contributed by atoms with van der Waals surface area (Å²) < 4.78 is 21.4. The highest BCUT2D eigenvalue weighted by atomic mass is 35.5. The number of fused-ring (bicyclic) bond motifs is 1. The summed E-state index contributed by atoms with van der Waals surface area (Å²) in [6.07, 6.45) is 1.58. The summed E-state index contributed by atoms with van der Waals surface area (Å²) in [5.74, 6) is 0.709. The molecule has 21 heavy (non-hydrogen) atoms. The largest absolute Gasteiger partial charge is 0.457 e. The Hall–Kier alpha value is -2.27. The van der Waals surface area contributed by atoms with E-state index >= 15 is 0 Å². The Morgan fingerprint density at radius 1 is 1.24 bits per heavy atom. The van der Waals surface area contributed by atoms with Gasteiger partial charge in [0.15, 0.2) is 5.82 Å². The number of imidazole rings is 1. The molecule has 0 unspecified atom stereocenters. The lowest BCUT2D eigenvalue weighted by Crippen LogP contribution is -1.93. The number of aryl methyl sites for hydroxylation is 2. The van der Waals surface area contributed by atoms with E-state index < -0.39 is 0 Å². The monoisotopic (exact) mass is 307 g/mol. The maximum Gasteiger partial charge on any atom is 0.152 e. The van der Waals surface area contributed by atoms with Crippen molar-refractivity contribution in [3.63, 3.8) is 0 Å². The lowest BCUT2D eigenvalue weighted by atomic mass is 10.2. The van der Waals surface area contributed by atoms with Gasteiger partial charge in [0.2, 0.25) is 0 Å². The SMILES string of the molecule is Cc1cc(N)ccc1Oc1cc(F)c2c(c1)ncn2C.Cl. The average Bonchev–Trinajstić information content (AvgIpc) is 2.75.